The fraction of sp³-hybridized carbons (Fsp3) is 0.533. The van der Waals surface area contributed by atoms with Gasteiger partial charge in [-0.1, -0.05) is 15.9 Å². The number of carbonyl (C=O) groups is 1. The molecule has 1 aliphatic heterocycles. The first-order valence-corrected chi connectivity index (χ1v) is 7.74. The van der Waals surface area contributed by atoms with Crippen molar-refractivity contribution in [1.29, 1.82) is 0 Å². The highest BCUT2D eigenvalue weighted by molar-refractivity contribution is 9.10. The number of hydrogen-bond donors (Lipinski definition) is 2. The Balaban J connectivity index is 1.99. The summed E-state index contributed by atoms with van der Waals surface area (Å²) in [5.74, 6) is 0.792. The van der Waals surface area contributed by atoms with Crippen molar-refractivity contribution in [3.8, 4) is 5.75 Å². The molecule has 20 heavy (non-hydrogen) atoms. The van der Waals surface area contributed by atoms with Gasteiger partial charge in [-0.05, 0) is 44.5 Å². The molecule has 1 aromatic rings. The number of nitrogens with one attached hydrogen (secondary N) is 2. The Labute approximate surface area is 128 Å². The van der Waals surface area contributed by atoms with Gasteiger partial charge in [-0.15, -0.1) is 0 Å². The van der Waals surface area contributed by atoms with Gasteiger partial charge in [0.1, 0.15) is 5.75 Å². The van der Waals surface area contributed by atoms with Crippen LogP contribution in [0.25, 0.3) is 0 Å². The number of hydrogen-bond acceptors (Lipinski definition) is 3. The zero-order valence-corrected chi connectivity index (χ0v) is 13.5. The Morgan fingerprint density at radius 1 is 1.55 bits per heavy atom. The molecular formula is C15H21BrN2O2. The van der Waals surface area contributed by atoms with Crippen molar-refractivity contribution in [2.75, 3.05) is 13.7 Å². The van der Waals surface area contributed by atoms with Crippen LogP contribution < -0.4 is 15.4 Å². The molecule has 0 radical (unpaired) electrons. The lowest BCUT2D eigenvalue weighted by molar-refractivity contribution is -0.121. The smallest absolute Gasteiger partial charge is 0.224 e. The van der Waals surface area contributed by atoms with Gasteiger partial charge in [0.25, 0.3) is 0 Å². The topological polar surface area (TPSA) is 50.4 Å². The highest BCUT2D eigenvalue weighted by atomic mass is 79.9. The lowest BCUT2D eigenvalue weighted by Crippen LogP contribution is -2.52. The van der Waals surface area contributed by atoms with E-state index in [1.165, 1.54) is 0 Å². The first kappa shape index (κ1) is 15.3. The van der Waals surface area contributed by atoms with E-state index in [1.54, 1.807) is 7.11 Å². The molecule has 0 aromatic heterocycles. The molecule has 1 saturated heterocycles. The summed E-state index contributed by atoms with van der Waals surface area (Å²) in [5.41, 5.74) is 0.899. The fourth-order valence-electron chi connectivity index (χ4n) is 2.56. The van der Waals surface area contributed by atoms with E-state index in [-0.39, 0.29) is 11.9 Å². The number of rotatable bonds is 4. The average Bonchev–Trinajstić information content (AvgIpc) is 2.41. The van der Waals surface area contributed by atoms with Gasteiger partial charge >= 0.3 is 0 Å². The summed E-state index contributed by atoms with van der Waals surface area (Å²) >= 11 is 3.43. The molecule has 4 nitrogen and oxygen atoms in total. The zero-order chi connectivity index (χ0) is 14.5. The maximum atomic E-state index is 12.2. The number of carbonyl (C=O) groups excluding carboxylic acids is 1. The van der Waals surface area contributed by atoms with Crippen molar-refractivity contribution >= 4 is 21.8 Å². The number of halogens is 1. The normalized spacial score (nSPS) is 22.4. The first-order chi connectivity index (χ1) is 9.60. The molecule has 1 heterocycles. The van der Waals surface area contributed by atoms with Crippen LogP contribution in [0.2, 0.25) is 0 Å². The SMILES string of the molecule is COc1ccc(Br)cc1CC(=O)NC1CCCNC1C. The molecule has 2 atom stereocenters. The van der Waals surface area contributed by atoms with Crippen molar-refractivity contribution in [3.63, 3.8) is 0 Å². The van der Waals surface area contributed by atoms with Crippen LogP contribution >= 0.6 is 15.9 Å². The van der Waals surface area contributed by atoms with E-state index >= 15 is 0 Å². The van der Waals surface area contributed by atoms with Gasteiger partial charge in [0, 0.05) is 22.1 Å². The fourth-order valence-corrected chi connectivity index (χ4v) is 2.97. The molecule has 1 aromatic carbocycles. The van der Waals surface area contributed by atoms with Gasteiger partial charge in [0.2, 0.25) is 5.91 Å². The minimum absolute atomic E-state index is 0.0435. The molecule has 0 spiro atoms. The number of benzene rings is 1. The van der Waals surface area contributed by atoms with Gasteiger partial charge in [0.15, 0.2) is 0 Å². The Kier molecular flexibility index (Phi) is 5.43. The molecule has 2 rings (SSSR count). The van der Waals surface area contributed by atoms with E-state index in [0.29, 0.717) is 12.5 Å². The van der Waals surface area contributed by atoms with E-state index in [4.69, 9.17) is 4.74 Å². The highest BCUT2D eigenvalue weighted by Crippen LogP contribution is 2.23. The van der Waals surface area contributed by atoms with E-state index in [9.17, 15) is 4.79 Å². The molecule has 110 valence electrons. The summed E-state index contributed by atoms with van der Waals surface area (Å²) in [6.45, 7) is 3.15. The number of methoxy groups -OCH3 is 1. The van der Waals surface area contributed by atoms with Gasteiger partial charge in [-0.25, -0.2) is 0 Å². The number of amides is 1. The predicted molar refractivity (Wildman–Crippen MR) is 83.0 cm³/mol. The van der Waals surface area contributed by atoms with E-state index in [0.717, 1.165) is 35.2 Å². The number of ether oxygens (including phenoxy) is 1. The molecule has 5 heteroatoms. The predicted octanol–water partition coefficient (Wildman–Crippen LogP) is 2.26. The van der Waals surface area contributed by atoms with Crippen LogP contribution in [0.1, 0.15) is 25.3 Å². The summed E-state index contributed by atoms with van der Waals surface area (Å²) < 4.78 is 6.25. The van der Waals surface area contributed by atoms with E-state index in [1.807, 2.05) is 18.2 Å². The molecule has 1 aliphatic rings. The lowest BCUT2D eigenvalue weighted by atomic mass is 9.99. The van der Waals surface area contributed by atoms with Crippen molar-refractivity contribution in [1.82, 2.24) is 10.6 Å². The van der Waals surface area contributed by atoms with E-state index < -0.39 is 0 Å². The Hall–Kier alpha value is -1.07. The summed E-state index contributed by atoms with van der Waals surface area (Å²) in [6.07, 6.45) is 2.48. The standard InChI is InChI=1S/C15H21BrN2O2/c1-10-13(4-3-7-17-10)18-15(19)9-11-8-12(16)5-6-14(11)20-2/h5-6,8,10,13,17H,3-4,7,9H2,1-2H3,(H,18,19). The number of piperidine rings is 1. The third-order valence-corrected chi connectivity index (χ3v) is 4.19. The average molecular weight is 341 g/mol. The van der Waals surface area contributed by atoms with Crippen molar-refractivity contribution in [3.05, 3.63) is 28.2 Å². The minimum atomic E-state index is 0.0435. The molecular weight excluding hydrogens is 320 g/mol. The van der Waals surface area contributed by atoms with Crippen LogP contribution in [0.4, 0.5) is 0 Å². The highest BCUT2D eigenvalue weighted by Gasteiger charge is 2.22. The summed E-state index contributed by atoms with van der Waals surface area (Å²) in [7, 11) is 1.62. The maximum absolute atomic E-state index is 12.2. The van der Waals surface area contributed by atoms with Gasteiger partial charge in [-0.3, -0.25) is 4.79 Å². The third kappa shape index (κ3) is 3.96. The summed E-state index contributed by atoms with van der Waals surface area (Å²) in [4.78, 5) is 12.2. The largest absolute Gasteiger partial charge is 0.496 e. The third-order valence-electron chi connectivity index (χ3n) is 3.70. The van der Waals surface area contributed by atoms with Crippen molar-refractivity contribution in [2.45, 2.75) is 38.3 Å². The Morgan fingerprint density at radius 3 is 3.05 bits per heavy atom. The van der Waals surface area contributed by atoms with Gasteiger partial charge < -0.3 is 15.4 Å². The zero-order valence-electron chi connectivity index (χ0n) is 11.9. The Bertz CT molecular complexity index is 479. The van der Waals surface area contributed by atoms with E-state index in [2.05, 4.69) is 33.5 Å². The summed E-state index contributed by atoms with van der Waals surface area (Å²) in [6, 6.07) is 6.26. The van der Waals surface area contributed by atoms with Crippen LogP contribution in [0.3, 0.4) is 0 Å². The van der Waals surface area contributed by atoms with Gasteiger partial charge in [-0.2, -0.15) is 0 Å². The Morgan fingerprint density at radius 2 is 2.35 bits per heavy atom. The second-order valence-corrected chi connectivity index (χ2v) is 6.11. The van der Waals surface area contributed by atoms with Crippen LogP contribution in [0.15, 0.2) is 22.7 Å². The molecule has 2 unspecified atom stereocenters. The van der Waals surface area contributed by atoms with Crippen LogP contribution in [-0.2, 0) is 11.2 Å². The molecule has 0 saturated carbocycles. The first-order valence-electron chi connectivity index (χ1n) is 6.95. The van der Waals surface area contributed by atoms with Crippen molar-refractivity contribution in [2.24, 2.45) is 0 Å². The lowest BCUT2D eigenvalue weighted by Gasteiger charge is -2.30. The van der Waals surface area contributed by atoms with Crippen LogP contribution in [-0.4, -0.2) is 31.6 Å². The molecule has 2 N–H and O–H groups in total. The maximum Gasteiger partial charge on any atom is 0.224 e. The van der Waals surface area contributed by atoms with Crippen molar-refractivity contribution < 1.29 is 9.53 Å². The second-order valence-electron chi connectivity index (χ2n) is 5.19. The molecule has 0 aliphatic carbocycles. The van der Waals surface area contributed by atoms with Crippen LogP contribution in [0, 0.1) is 0 Å². The monoisotopic (exact) mass is 340 g/mol. The quantitative estimate of drug-likeness (QED) is 0.883. The molecule has 0 bridgehead atoms. The van der Waals surface area contributed by atoms with Gasteiger partial charge in [0.05, 0.1) is 13.5 Å². The van der Waals surface area contributed by atoms with Crippen LogP contribution in [0.5, 0.6) is 5.75 Å². The molecule has 1 amide bonds. The summed E-state index contributed by atoms with van der Waals surface area (Å²) in [5, 5.41) is 6.50. The second kappa shape index (κ2) is 7.09. The minimum Gasteiger partial charge on any atom is -0.496 e. The molecule has 1 fully saturated rings.